The van der Waals surface area contributed by atoms with Crippen LogP contribution in [0.3, 0.4) is 0 Å². The smallest absolute Gasteiger partial charge is 0.416 e. The van der Waals surface area contributed by atoms with Gasteiger partial charge in [-0.2, -0.15) is 13.2 Å². The van der Waals surface area contributed by atoms with E-state index < -0.39 is 11.7 Å². The van der Waals surface area contributed by atoms with Gasteiger partial charge in [0.2, 0.25) is 0 Å². The summed E-state index contributed by atoms with van der Waals surface area (Å²) in [5, 5.41) is -0.0830. The molecule has 0 saturated heterocycles. The van der Waals surface area contributed by atoms with Crippen LogP contribution in [-0.2, 0) is 6.18 Å². The molecule has 0 aliphatic heterocycles. The first-order valence-corrected chi connectivity index (χ1v) is 6.75. The predicted molar refractivity (Wildman–Crippen MR) is 75.4 cm³/mol. The van der Waals surface area contributed by atoms with Crippen LogP contribution in [0.5, 0.6) is 11.5 Å². The van der Waals surface area contributed by atoms with E-state index >= 15 is 0 Å². The van der Waals surface area contributed by atoms with Gasteiger partial charge in [0.25, 0.3) is 0 Å². The zero-order valence-corrected chi connectivity index (χ0v) is 12.6. The third-order valence-corrected chi connectivity index (χ3v) is 3.80. The number of rotatable bonds is 2. The van der Waals surface area contributed by atoms with Crippen LogP contribution in [0, 0.1) is 6.92 Å². The number of alkyl halides is 3. The van der Waals surface area contributed by atoms with Crippen molar-refractivity contribution in [2.75, 3.05) is 0 Å². The van der Waals surface area contributed by atoms with Crippen molar-refractivity contribution >= 4 is 27.5 Å². The van der Waals surface area contributed by atoms with Crippen LogP contribution < -0.4 is 4.74 Å². The Morgan fingerprint density at radius 1 is 1.10 bits per heavy atom. The zero-order chi connectivity index (χ0) is 14.9. The SMILES string of the molecule is Cc1cc(Oc2ccc(C(F)(F)F)cc2Cl)ccc1Br. The molecule has 1 nitrogen and oxygen atoms in total. The molecule has 0 aliphatic rings. The van der Waals surface area contributed by atoms with Gasteiger partial charge in [-0.15, -0.1) is 0 Å². The molecule has 0 amide bonds. The van der Waals surface area contributed by atoms with E-state index in [1.165, 1.54) is 6.07 Å². The molecule has 0 aliphatic carbocycles. The van der Waals surface area contributed by atoms with Crippen LogP contribution in [0.25, 0.3) is 0 Å². The molecule has 2 rings (SSSR count). The number of hydrogen-bond acceptors (Lipinski definition) is 1. The van der Waals surface area contributed by atoms with E-state index in [9.17, 15) is 13.2 Å². The average molecular weight is 366 g/mol. The van der Waals surface area contributed by atoms with Crippen LogP contribution in [0.15, 0.2) is 40.9 Å². The molecule has 106 valence electrons. The Morgan fingerprint density at radius 2 is 1.80 bits per heavy atom. The summed E-state index contributed by atoms with van der Waals surface area (Å²) in [7, 11) is 0. The second kappa shape index (κ2) is 5.66. The Hall–Kier alpha value is -1.20. The van der Waals surface area contributed by atoms with Crippen LogP contribution >= 0.6 is 27.5 Å². The summed E-state index contributed by atoms with van der Waals surface area (Å²) in [6.07, 6.45) is -4.42. The minimum absolute atomic E-state index is 0.0830. The highest BCUT2D eigenvalue weighted by molar-refractivity contribution is 9.10. The van der Waals surface area contributed by atoms with E-state index in [4.69, 9.17) is 16.3 Å². The van der Waals surface area contributed by atoms with Gasteiger partial charge in [0.05, 0.1) is 10.6 Å². The summed E-state index contributed by atoms with van der Waals surface area (Å²) in [6.45, 7) is 1.88. The van der Waals surface area contributed by atoms with Gasteiger partial charge in [-0.3, -0.25) is 0 Å². The maximum Gasteiger partial charge on any atom is 0.416 e. The Labute approximate surface area is 127 Å². The second-order valence-electron chi connectivity index (χ2n) is 4.16. The molecule has 2 aromatic carbocycles. The maximum atomic E-state index is 12.5. The summed E-state index contributed by atoms with van der Waals surface area (Å²) < 4.78 is 44.0. The van der Waals surface area contributed by atoms with Crippen LogP contribution in [0.1, 0.15) is 11.1 Å². The maximum absolute atomic E-state index is 12.5. The lowest BCUT2D eigenvalue weighted by atomic mass is 10.2. The molecule has 0 atom stereocenters. The van der Waals surface area contributed by atoms with Crippen molar-refractivity contribution < 1.29 is 17.9 Å². The first kappa shape index (κ1) is 15.2. The number of halogens is 5. The highest BCUT2D eigenvalue weighted by Crippen LogP contribution is 2.36. The van der Waals surface area contributed by atoms with E-state index in [1.807, 2.05) is 6.92 Å². The first-order valence-electron chi connectivity index (χ1n) is 5.58. The minimum atomic E-state index is -4.42. The van der Waals surface area contributed by atoms with Gasteiger partial charge in [0, 0.05) is 4.47 Å². The number of hydrogen-bond donors (Lipinski definition) is 0. The van der Waals surface area contributed by atoms with E-state index in [2.05, 4.69) is 15.9 Å². The Balaban J connectivity index is 2.28. The van der Waals surface area contributed by atoms with Gasteiger partial charge in [-0.1, -0.05) is 27.5 Å². The molecule has 0 saturated carbocycles. The van der Waals surface area contributed by atoms with Gasteiger partial charge in [-0.05, 0) is 48.9 Å². The summed E-state index contributed by atoms with van der Waals surface area (Å²) in [6, 6.07) is 8.25. The molecule has 0 bridgehead atoms. The molecule has 2 aromatic rings. The first-order chi connectivity index (χ1) is 9.27. The molecule has 0 heterocycles. The fraction of sp³-hybridized carbons (Fsp3) is 0.143. The van der Waals surface area contributed by atoms with Crippen molar-refractivity contribution in [1.82, 2.24) is 0 Å². The summed E-state index contributed by atoms with van der Waals surface area (Å²) in [5.41, 5.74) is 0.146. The van der Waals surface area contributed by atoms with Crippen LogP contribution in [0.4, 0.5) is 13.2 Å². The highest BCUT2D eigenvalue weighted by atomic mass is 79.9. The molecule has 0 fully saturated rings. The Kier molecular flexibility index (Phi) is 4.30. The molecule has 0 spiro atoms. The molecule has 0 radical (unpaired) electrons. The largest absolute Gasteiger partial charge is 0.456 e. The molecule has 20 heavy (non-hydrogen) atoms. The fourth-order valence-electron chi connectivity index (χ4n) is 1.57. The van der Waals surface area contributed by atoms with Crippen molar-refractivity contribution in [3.05, 3.63) is 57.0 Å². The number of aryl methyl sites for hydroxylation is 1. The van der Waals surface area contributed by atoms with Crippen LogP contribution in [-0.4, -0.2) is 0 Å². The van der Waals surface area contributed by atoms with Gasteiger partial charge < -0.3 is 4.74 Å². The third kappa shape index (κ3) is 3.46. The quantitative estimate of drug-likeness (QED) is 0.613. The predicted octanol–water partition coefficient (Wildman–Crippen LogP) is 6.22. The minimum Gasteiger partial charge on any atom is -0.456 e. The molecular weight excluding hydrogens is 357 g/mol. The number of benzene rings is 2. The van der Waals surface area contributed by atoms with E-state index in [1.54, 1.807) is 18.2 Å². The summed E-state index contributed by atoms with van der Waals surface area (Å²) >= 11 is 9.18. The van der Waals surface area contributed by atoms with Crippen molar-refractivity contribution in [2.24, 2.45) is 0 Å². The van der Waals surface area contributed by atoms with Crippen molar-refractivity contribution in [3.8, 4) is 11.5 Å². The lowest BCUT2D eigenvalue weighted by molar-refractivity contribution is -0.137. The second-order valence-corrected chi connectivity index (χ2v) is 5.42. The zero-order valence-electron chi connectivity index (χ0n) is 10.3. The lowest BCUT2D eigenvalue weighted by Crippen LogP contribution is -2.04. The van der Waals surface area contributed by atoms with Gasteiger partial charge >= 0.3 is 6.18 Å². The summed E-state index contributed by atoms with van der Waals surface area (Å²) in [4.78, 5) is 0. The van der Waals surface area contributed by atoms with Crippen molar-refractivity contribution in [2.45, 2.75) is 13.1 Å². The summed E-state index contributed by atoms with van der Waals surface area (Å²) in [5.74, 6) is 0.689. The van der Waals surface area contributed by atoms with Crippen LogP contribution in [0.2, 0.25) is 5.02 Å². The fourth-order valence-corrected chi connectivity index (χ4v) is 2.03. The van der Waals surface area contributed by atoms with Gasteiger partial charge in [0.15, 0.2) is 0 Å². The number of ether oxygens (including phenoxy) is 1. The molecular formula is C14H9BrClF3O. The monoisotopic (exact) mass is 364 g/mol. The Morgan fingerprint density at radius 3 is 2.35 bits per heavy atom. The van der Waals surface area contributed by atoms with Crippen molar-refractivity contribution in [3.63, 3.8) is 0 Å². The average Bonchev–Trinajstić information content (AvgIpc) is 2.35. The van der Waals surface area contributed by atoms with Crippen molar-refractivity contribution in [1.29, 1.82) is 0 Å². The topological polar surface area (TPSA) is 9.23 Å². The van der Waals surface area contributed by atoms with E-state index in [0.29, 0.717) is 5.75 Å². The molecule has 0 aromatic heterocycles. The van der Waals surface area contributed by atoms with E-state index in [0.717, 1.165) is 22.2 Å². The molecule has 0 N–H and O–H groups in total. The highest BCUT2D eigenvalue weighted by Gasteiger charge is 2.31. The standard InChI is InChI=1S/C14H9BrClF3O/c1-8-6-10(3-4-11(8)15)20-13-5-2-9(7-12(13)16)14(17,18)19/h2-7H,1H3. The molecule has 6 heteroatoms. The van der Waals surface area contributed by atoms with Gasteiger partial charge in [-0.25, -0.2) is 0 Å². The van der Waals surface area contributed by atoms with Gasteiger partial charge in [0.1, 0.15) is 11.5 Å². The molecule has 0 unspecified atom stereocenters. The third-order valence-electron chi connectivity index (χ3n) is 2.62. The lowest BCUT2D eigenvalue weighted by Gasteiger charge is -2.11. The Bertz CT molecular complexity index is 641. The van der Waals surface area contributed by atoms with E-state index in [-0.39, 0.29) is 10.8 Å². The normalized spacial score (nSPS) is 11.5.